The van der Waals surface area contributed by atoms with Crippen molar-refractivity contribution in [1.29, 1.82) is 0 Å². The first-order chi connectivity index (χ1) is 14.4. The molecule has 2 aromatic rings. The van der Waals surface area contributed by atoms with Crippen LogP contribution in [0, 0.1) is 18.8 Å². The second kappa shape index (κ2) is 8.36. The molecule has 0 unspecified atom stereocenters. The number of carbonyl (C=O) groups excluding carboxylic acids is 1. The number of hydrogen-bond donors (Lipinski definition) is 0. The molecule has 5 nitrogen and oxygen atoms in total. The molecule has 0 radical (unpaired) electrons. The minimum absolute atomic E-state index is 0.145. The van der Waals surface area contributed by atoms with Gasteiger partial charge in [-0.2, -0.15) is 4.31 Å². The molecule has 1 aliphatic carbocycles. The molecule has 1 aliphatic heterocycles. The van der Waals surface area contributed by atoms with E-state index in [1.165, 1.54) is 9.88 Å². The maximum Gasteiger partial charge on any atom is 0.309 e. The lowest BCUT2D eigenvalue weighted by molar-refractivity contribution is -0.149. The summed E-state index contributed by atoms with van der Waals surface area (Å²) in [4.78, 5) is 12.9. The first-order valence-corrected chi connectivity index (χ1v) is 11.9. The van der Waals surface area contributed by atoms with Crippen molar-refractivity contribution in [2.45, 2.75) is 31.6 Å². The van der Waals surface area contributed by atoms with Gasteiger partial charge in [-0.05, 0) is 55.5 Å². The highest BCUT2D eigenvalue weighted by molar-refractivity contribution is 7.89. The van der Waals surface area contributed by atoms with Crippen molar-refractivity contribution in [2.24, 2.45) is 11.8 Å². The van der Waals surface area contributed by atoms with Crippen LogP contribution in [-0.4, -0.2) is 38.4 Å². The summed E-state index contributed by atoms with van der Waals surface area (Å²) in [5.74, 6) is -0.666. The van der Waals surface area contributed by atoms with Gasteiger partial charge in [0.2, 0.25) is 10.0 Å². The molecule has 4 rings (SSSR count). The van der Waals surface area contributed by atoms with Crippen molar-refractivity contribution in [3.8, 4) is 0 Å². The second-order valence-electron chi connectivity index (χ2n) is 7.98. The van der Waals surface area contributed by atoms with Crippen molar-refractivity contribution in [3.05, 3.63) is 71.3 Å². The van der Waals surface area contributed by atoms with Crippen LogP contribution in [0.2, 0.25) is 0 Å². The number of allylic oxidation sites excluding steroid dienone is 1. The van der Waals surface area contributed by atoms with E-state index < -0.39 is 10.0 Å². The Hall–Kier alpha value is -2.44. The molecule has 0 amide bonds. The summed E-state index contributed by atoms with van der Waals surface area (Å²) in [5.41, 5.74) is 4.35. The van der Waals surface area contributed by atoms with E-state index in [0.29, 0.717) is 31.0 Å². The molecule has 2 aliphatic rings. The molecule has 0 bridgehead atoms. The Balaban J connectivity index is 1.73. The highest BCUT2D eigenvalue weighted by Crippen LogP contribution is 2.45. The highest BCUT2D eigenvalue weighted by atomic mass is 32.2. The van der Waals surface area contributed by atoms with Gasteiger partial charge in [0.15, 0.2) is 0 Å². The molecule has 30 heavy (non-hydrogen) atoms. The zero-order valence-electron chi connectivity index (χ0n) is 17.4. The van der Waals surface area contributed by atoms with Crippen molar-refractivity contribution < 1.29 is 17.9 Å². The molecule has 0 saturated carbocycles. The monoisotopic (exact) mass is 425 g/mol. The average Bonchev–Trinajstić information content (AvgIpc) is 3.20. The van der Waals surface area contributed by atoms with E-state index in [9.17, 15) is 13.2 Å². The summed E-state index contributed by atoms with van der Waals surface area (Å²) in [6.07, 6.45) is 1.42. The Labute approximate surface area is 178 Å². The van der Waals surface area contributed by atoms with Crippen LogP contribution in [0.1, 0.15) is 30.9 Å². The quantitative estimate of drug-likeness (QED) is 0.678. The number of carbonyl (C=O) groups is 1. The molecule has 1 saturated heterocycles. The zero-order chi connectivity index (χ0) is 21.3. The smallest absolute Gasteiger partial charge is 0.309 e. The number of hydrogen-bond acceptors (Lipinski definition) is 4. The number of nitrogens with zero attached hydrogens (tertiary/aromatic N) is 1. The number of rotatable bonds is 5. The van der Waals surface area contributed by atoms with Crippen LogP contribution < -0.4 is 0 Å². The van der Waals surface area contributed by atoms with E-state index >= 15 is 0 Å². The van der Waals surface area contributed by atoms with Crippen LogP contribution in [0.25, 0.3) is 5.57 Å². The zero-order valence-corrected chi connectivity index (χ0v) is 18.2. The predicted octanol–water partition coefficient (Wildman–Crippen LogP) is 4.04. The van der Waals surface area contributed by atoms with Gasteiger partial charge < -0.3 is 4.74 Å². The van der Waals surface area contributed by atoms with Crippen molar-refractivity contribution in [2.75, 3.05) is 19.7 Å². The maximum atomic E-state index is 13.3. The van der Waals surface area contributed by atoms with E-state index in [1.807, 2.05) is 37.3 Å². The van der Waals surface area contributed by atoms with Crippen LogP contribution in [0.4, 0.5) is 0 Å². The van der Waals surface area contributed by atoms with Gasteiger partial charge in [0, 0.05) is 19.0 Å². The normalized spacial score (nSPS) is 22.1. The predicted molar refractivity (Wildman–Crippen MR) is 116 cm³/mol. The van der Waals surface area contributed by atoms with Gasteiger partial charge in [0.25, 0.3) is 0 Å². The summed E-state index contributed by atoms with van der Waals surface area (Å²) in [5, 5.41) is 0. The number of aryl methyl sites for hydroxylation is 1. The minimum Gasteiger partial charge on any atom is -0.466 e. The topological polar surface area (TPSA) is 63.7 Å². The van der Waals surface area contributed by atoms with E-state index in [2.05, 4.69) is 12.1 Å². The third kappa shape index (κ3) is 3.82. The van der Waals surface area contributed by atoms with Gasteiger partial charge in [-0.1, -0.05) is 48.0 Å². The summed E-state index contributed by atoms with van der Waals surface area (Å²) in [6, 6.07) is 17.0. The van der Waals surface area contributed by atoms with E-state index in [0.717, 1.165) is 23.1 Å². The number of fused-ring (bicyclic) bond motifs is 1. The van der Waals surface area contributed by atoms with Gasteiger partial charge in [-0.15, -0.1) is 0 Å². The van der Waals surface area contributed by atoms with Gasteiger partial charge in [-0.3, -0.25) is 4.79 Å². The maximum absolute atomic E-state index is 13.3. The van der Waals surface area contributed by atoms with Crippen molar-refractivity contribution in [3.63, 3.8) is 0 Å². The van der Waals surface area contributed by atoms with Gasteiger partial charge in [0.1, 0.15) is 0 Å². The number of esters is 1. The molecule has 2 atom stereocenters. The summed E-state index contributed by atoms with van der Waals surface area (Å²) in [6.45, 7) is 4.70. The fraction of sp³-hybridized carbons (Fsp3) is 0.375. The standard InChI is InChI=1S/C24H27NO4S/c1-3-29-24(26)21-14-13-20(18-7-5-4-6-8-18)22-15-25(16-23(21)22)30(27,28)19-11-9-17(2)10-12-19/h4-12,21,23H,3,13-16H2,1-2H3/t21-,23-/m0/s1. The van der Waals surface area contributed by atoms with Crippen LogP contribution in [0.15, 0.2) is 65.1 Å². The SMILES string of the molecule is CCOC(=O)[C@H]1CCC(c2ccccc2)=C2CN(S(=O)(=O)c3ccc(C)cc3)C[C@H]21. The Morgan fingerprint density at radius 3 is 2.47 bits per heavy atom. The van der Waals surface area contributed by atoms with E-state index in [1.54, 1.807) is 19.1 Å². The Morgan fingerprint density at radius 2 is 1.80 bits per heavy atom. The van der Waals surface area contributed by atoms with E-state index in [4.69, 9.17) is 4.74 Å². The Morgan fingerprint density at radius 1 is 1.10 bits per heavy atom. The molecule has 0 spiro atoms. The first-order valence-electron chi connectivity index (χ1n) is 10.4. The van der Waals surface area contributed by atoms with Gasteiger partial charge in [0.05, 0.1) is 17.4 Å². The molecular formula is C24H27NO4S. The van der Waals surface area contributed by atoms with Gasteiger partial charge >= 0.3 is 5.97 Å². The van der Waals surface area contributed by atoms with E-state index in [-0.39, 0.29) is 17.8 Å². The van der Waals surface area contributed by atoms with Crippen LogP contribution in [-0.2, 0) is 19.6 Å². The molecule has 0 aromatic heterocycles. The molecular weight excluding hydrogens is 398 g/mol. The Kier molecular flexibility index (Phi) is 5.80. The lowest BCUT2D eigenvalue weighted by atomic mass is 9.75. The van der Waals surface area contributed by atoms with Crippen LogP contribution in [0.5, 0.6) is 0 Å². The lowest BCUT2D eigenvalue weighted by Gasteiger charge is -2.30. The third-order valence-corrected chi connectivity index (χ3v) is 7.97. The highest BCUT2D eigenvalue weighted by Gasteiger charge is 2.45. The van der Waals surface area contributed by atoms with Crippen LogP contribution in [0.3, 0.4) is 0 Å². The molecule has 1 fully saturated rings. The fourth-order valence-corrected chi connectivity index (χ4v) is 6.04. The number of sulfonamides is 1. The summed E-state index contributed by atoms with van der Waals surface area (Å²) in [7, 11) is -3.63. The summed E-state index contributed by atoms with van der Waals surface area (Å²) < 4.78 is 33.5. The van der Waals surface area contributed by atoms with Crippen molar-refractivity contribution >= 4 is 21.6 Å². The molecule has 1 heterocycles. The largest absolute Gasteiger partial charge is 0.466 e. The number of ether oxygens (including phenoxy) is 1. The molecule has 158 valence electrons. The first kappa shape index (κ1) is 20.8. The fourth-order valence-electron chi connectivity index (χ4n) is 4.60. The minimum atomic E-state index is -3.63. The van der Waals surface area contributed by atoms with Gasteiger partial charge in [-0.25, -0.2) is 8.42 Å². The van der Waals surface area contributed by atoms with Crippen molar-refractivity contribution in [1.82, 2.24) is 4.31 Å². The molecule has 0 N–H and O–H groups in total. The molecule has 6 heteroatoms. The lowest BCUT2D eigenvalue weighted by Crippen LogP contribution is -2.33. The summed E-state index contributed by atoms with van der Waals surface area (Å²) >= 11 is 0. The average molecular weight is 426 g/mol. The number of benzene rings is 2. The second-order valence-corrected chi connectivity index (χ2v) is 9.92. The third-order valence-electron chi connectivity index (χ3n) is 6.14. The molecule has 2 aromatic carbocycles. The Bertz CT molecular complexity index is 1060. The van der Waals surface area contributed by atoms with Crippen LogP contribution >= 0.6 is 0 Å².